The van der Waals surface area contributed by atoms with Crippen LogP contribution in [0.15, 0.2) is 11.4 Å². The first-order chi connectivity index (χ1) is 10.6. The number of amides is 1. The van der Waals surface area contributed by atoms with E-state index >= 15 is 0 Å². The Kier molecular flexibility index (Phi) is 6.29. The third-order valence-corrected chi connectivity index (χ3v) is 5.22. The van der Waals surface area contributed by atoms with Gasteiger partial charge in [0, 0.05) is 47.7 Å². The molecule has 3 rings (SSSR count). The Hall–Kier alpha value is -0.417. The fourth-order valence-corrected chi connectivity index (χ4v) is 3.70. The van der Waals surface area contributed by atoms with E-state index in [1.807, 2.05) is 12.5 Å². The van der Waals surface area contributed by atoms with Gasteiger partial charge in [0.05, 0.1) is 0 Å². The summed E-state index contributed by atoms with van der Waals surface area (Å²) >= 11 is 1.45. The average molecular weight is 554 g/mol. The van der Waals surface area contributed by atoms with E-state index in [0.29, 0.717) is 17.4 Å². The maximum atomic E-state index is 13.0. The predicted molar refractivity (Wildman–Crippen MR) is 85.4 cm³/mol. The molecule has 1 aromatic rings. The molecule has 1 saturated carbocycles. The van der Waals surface area contributed by atoms with Crippen molar-refractivity contribution in [3.8, 4) is 0 Å². The molecule has 23 heavy (non-hydrogen) atoms. The average Bonchev–Trinajstić information content (AvgIpc) is 3.08. The van der Waals surface area contributed by atoms with Gasteiger partial charge < -0.3 is 11.7 Å². The van der Waals surface area contributed by atoms with Gasteiger partial charge in [-0.2, -0.15) is 6.42 Å². The second kappa shape index (κ2) is 7.65. The molecule has 5 nitrogen and oxygen atoms in total. The van der Waals surface area contributed by atoms with Crippen LogP contribution < -0.4 is 4.90 Å². The zero-order chi connectivity index (χ0) is 15.7. The largest absolute Gasteiger partial charge is 0.541 e. The smallest absolute Gasteiger partial charge is 0.205 e. The number of aromatic nitrogens is 2. The van der Waals surface area contributed by atoms with Crippen LogP contribution in [0.4, 0.5) is 5.82 Å². The molecule has 2 heterocycles. The summed E-state index contributed by atoms with van der Waals surface area (Å²) in [5.41, 5.74) is -0.337. The molecule has 2 aliphatic rings. The minimum absolute atomic E-state index is 0. The molecule has 0 saturated heterocycles. The van der Waals surface area contributed by atoms with Gasteiger partial charge in [-0.15, -0.1) is 0 Å². The van der Waals surface area contributed by atoms with Gasteiger partial charge in [-0.05, 0) is 25.5 Å². The summed E-state index contributed by atoms with van der Waals surface area (Å²) in [5.74, 6) is 0.484. The summed E-state index contributed by atoms with van der Waals surface area (Å²) in [6.07, 6.45) is 10.2. The molecule has 1 aliphatic carbocycles. The fourth-order valence-electron chi connectivity index (χ4n) is 3.37. The Morgan fingerprint density at radius 2 is 2.17 bits per heavy atom. The molecule has 1 aromatic heterocycles. The van der Waals surface area contributed by atoms with Crippen LogP contribution in [0.3, 0.4) is 0 Å². The van der Waals surface area contributed by atoms with Crippen molar-refractivity contribution in [3.05, 3.63) is 18.7 Å². The van der Waals surface area contributed by atoms with E-state index in [4.69, 9.17) is 0 Å². The number of hydrogen-bond acceptors (Lipinski definition) is 5. The van der Waals surface area contributed by atoms with Crippen LogP contribution in [0.2, 0.25) is 0 Å². The Morgan fingerprint density at radius 1 is 1.48 bits per heavy atom. The minimum atomic E-state index is -1.18. The van der Waals surface area contributed by atoms with Crippen molar-refractivity contribution >= 4 is 29.8 Å². The van der Waals surface area contributed by atoms with Crippen LogP contribution in [0, 0.1) is 42.3 Å². The number of rotatable bonds is 4. The monoisotopic (exact) mass is 553 g/mol. The van der Waals surface area contributed by atoms with Crippen LogP contribution in [0.5, 0.6) is 0 Å². The standard InChI is InChI=1S/C16H19N3O2S.Np/c1-3-16(10-20)8-11-9-17-15(22-2)18-13(11)19(14(16)21)12-6-4-5-7-12;/h9,12H,1,3-8H2,2H3;/q-2;. The summed E-state index contributed by atoms with van der Waals surface area (Å²) < 4.78 is 0. The van der Waals surface area contributed by atoms with E-state index < -0.39 is 5.41 Å². The maximum Gasteiger partial charge on any atom is 0.205 e. The summed E-state index contributed by atoms with van der Waals surface area (Å²) in [6.45, 7) is 3.82. The Bertz CT molecular complexity index is 607. The van der Waals surface area contributed by atoms with E-state index in [1.54, 1.807) is 11.1 Å². The second-order valence-electron chi connectivity index (χ2n) is 5.93. The van der Waals surface area contributed by atoms with Crippen LogP contribution in [-0.4, -0.2) is 34.5 Å². The van der Waals surface area contributed by atoms with E-state index in [9.17, 15) is 9.59 Å². The second-order valence-corrected chi connectivity index (χ2v) is 6.70. The van der Waals surface area contributed by atoms with Crippen molar-refractivity contribution in [1.82, 2.24) is 9.97 Å². The molecule has 1 fully saturated rings. The van der Waals surface area contributed by atoms with Gasteiger partial charge in [0.25, 0.3) is 0 Å². The van der Waals surface area contributed by atoms with Gasteiger partial charge in [-0.1, -0.05) is 30.0 Å². The van der Waals surface area contributed by atoms with Gasteiger partial charge in [0.1, 0.15) is 5.82 Å². The first-order valence-corrected chi connectivity index (χ1v) is 8.80. The Morgan fingerprint density at radius 3 is 2.74 bits per heavy atom. The summed E-state index contributed by atoms with van der Waals surface area (Å²) in [6, 6.07) is 0.121. The maximum absolute atomic E-state index is 13.0. The molecule has 0 N–H and O–H groups in total. The Balaban J connectivity index is 0.00000192. The molecule has 0 spiro atoms. The Labute approximate surface area is 163 Å². The van der Waals surface area contributed by atoms with Crippen LogP contribution in [-0.2, 0) is 16.0 Å². The third-order valence-electron chi connectivity index (χ3n) is 4.66. The molecular weight excluding hydrogens is 535 g/mol. The third kappa shape index (κ3) is 3.23. The van der Waals surface area contributed by atoms with Gasteiger partial charge in [-0.25, -0.2) is 9.97 Å². The number of nitrogens with zero attached hydrogens (tertiary/aromatic N) is 3. The SMILES string of the molecule is [CH2-]CC1([C-]=O)Cc2cnc(SC)nc2N(C2CCCC2)C1=O.[Np]. The van der Waals surface area contributed by atoms with E-state index in [0.717, 1.165) is 31.2 Å². The van der Waals surface area contributed by atoms with Crippen molar-refractivity contribution < 1.29 is 39.5 Å². The van der Waals surface area contributed by atoms with E-state index in [2.05, 4.69) is 16.9 Å². The first kappa shape index (κ1) is 18.9. The molecule has 1 unspecified atom stereocenters. The summed E-state index contributed by atoms with van der Waals surface area (Å²) in [7, 11) is 0. The predicted octanol–water partition coefficient (Wildman–Crippen LogP) is 2.35. The zero-order valence-corrected chi connectivity index (χ0v) is 17.7. The van der Waals surface area contributed by atoms with Gasteiger partial charge in [0.2, 0.25) is 5.91 Å². The van der Waals surface area contributed by atoms with Gasteiger partial charge >= 0.3 is 0 Å². The topological polar surface area (TPSA) is 63.2 Å². The number of thioether (sulfide) groups is 1. The first-order valence-electron chi connectivity index (χ1n) is 7.57. The molecule has 7 heteroatoms. The zero-order valence-electron chi connectivity index (χ0n) is 13.1. The molecular formula is C16H19N3NpO2S-2. The number of anilines is 1. The van der Waals surface area contributed by atoms with Gasteiger partial charge in [0.15, 0.2) is 5.16 Å². The molecule has 0 bridgehead atoms. The molecule has 1 atom stereocenters. The van der Waals surface area contributed by atoms with Crippen molar-refractivity contribution in [3.63, 3.8) is 0 Å². The van der Waals surface area contributed by atoms with Crippen molar-refractivity contribution in [2.75, 3.05) is 11.2 Å². The van der Waals surface area contributed by atoms with Crippen LogP contribution in [0.25, 0.3) is 0 Å². The van der Waals surface area contributed by atoms with Crippen LogP contribution in [0.1, 0.15) is 37.7 Å². The minimum Gasteiger partial charge on any atom is -0.541 e. The van der Waals surface area contributed by atoms with E-state index in [-0.39, 0.29) is 48.3 Å². The van der Waals surface area contributed by atoms with Crippen LogP contribution >= 0.6 is 11.8 Å². The quantitative estimate of drug-likeness (QED) is 0.248. The van der Waals surface area contributed by atoms with Crippen molar-refractivity contribution in [2.45, 2.75) is 49.7 Å². The molecule has 0 aromatic carbocycles. The number of carbonyl (C=O) groups excluding carboxylic acids is 2. The number of carbonyl (C=O) groups is 1. The number of fused-ring (bicyclic) bond motifs is 1. The summed E-state index contributed by atoms with van der Waals surface area (Å²) in [4.78, 5) is 35.2. The van der Waals surface area contributed by atoms with E-state index in [1.165, 1.54) is 11.8 Å². The summed E-state index contributed by atoms with van der Waals surface area (Å²) in [5, 5.41) is 0.645. The molecule has 1 radical (unpaired) electrons. The van der Waals surface area contributed by atoms with Crippen molar-refractivity contribution in [2.24, 2.45) is 5.41 Å². The molecule has 1 aliphatic heterocycles. The number of hydrogen-bond donors (Lipinski definition) is 0. The van der Waals surface area contributed by atoms with Crippen molar-refractivity contribution in [1.29, 1.82) is 0 Å². The molecule has 123 valence electrons. The fraction of sp³-hybridized carbons (Fsp3) is 0.562. The normalized spacial score (nSPS) is 24.3. The van der Waals surface area contributed by atoms with Gasteiger partial charge in [-0.3, -0.25) is 16.0 Å². The molecule has 1 amide bonds.